The van der Waals surface area contributed by atoms with Crippen LogP contribution in [0.3, 0.4) is 0 Å². The van der Waals surface area contributed by atoms with E-state index >= 15 is 0 Å². The highest BCUT2D eigenvalue weighted by molar-refractivity contribution is 9.10. The average Bonchev–Trinajstić information content (AvgIpc) is 2.12. The quantitative estimate of drug-likeness (QED) is 0.618. The number of nitrogens with two attached hydrogens (primary N) is 1. The first-order chi connectivity index (χ1) is 6.24. The van der Waals surface area contributed by atoms with Gasteiger partial charge in [0.15, 0.2) is 0 Å². The topological polar surface area (TPSA) is 50.9 Å². The van der Waals surface area contributed by atoms with Gasteiger partial charge in [0.2, 0.25) is 5.95 Å². The van der Waals surface area contributed by atoms with Crippen LogP contribution in [0, 0.1) is 5.95 Å². The van der Waals surface area contributed by atoms with Gasteiger partial charge in [0.25, 0.3) is 0 Å². The van der Waals surface area contributed by atoms with Gasteiger partial charge in [-0.05, 0) is 27.6 Å². The van der Waals surface area contributed by atoms with Gasteiger partial charge in [-0.15, -0.1) is 0 Å². The molecule has 3 N–H and O–H groups in total. The predicted molar refractivity (Wildman–Crippen MR) is 52.7 cm³/mol. The van der Waals surface area contributed by atoms with Crippen LogP contribution in [0.2, 0.25) is 0 Å². The summed E-state index contributed by atoms with van der Waals surface area (Å²) in [7, 11) is 0. The number of rotatable bonds is 4. The monoisotopic (exact) mass is 247 g/mol. The molecule has 5 heteroatoms. The van der Waals surface area contributed by atoms with E-state index < -0.39 is 5.95 Å². The first kappa shape index (κ1) is 10.6. The van der Waals surface area contributed by atoms with E-state index in [9.17, 15) is 4.39 Å². The van der Waals surface area contributed by atoms with Crippen LogP contribution in [0.1, 0.15) is 5.56 Å². The maximum absolute atomic E-state index is 12.7. The van der Waals surface area contributed by atoms with Crippen LogP contribution < -0.4 is 11.1 Å². The molecule has 0 fully saturated rings. The first-order valence-corrected chi connectivity index (χ1v) is 4.74. The third-order valence-electron chi connectivity index (χ3n) is 1.50. The minimum Gasteiger partial charge on any atom is -0.329 e. The van der Waals surface area contributed by atoms with Crippen molar-refractivity contribution >= 4 is 15.9 Å². The molecule has 0 radical (unpaired) electrons. The maximum Gasteiger partial charge on any atom is 0.227 e. The highest BCUT2D eigenvalue weighted by Gasteiger charge is 2.00. The van der Waals surface area contributed by atoms with Crippen LogP contribution in [-0.4, -0.2) is 18.1 Å². The number of nitrogens with one attached hydrogen (secondary N) is 1. The predicted octanol–water partition coefficient (Wildman–Crippen LogP) is 1.03. The van der Waals surface area contributed by atoms with Crippen molar-refractivity contribution in [3.8, 4) is 0 Å². The van der Waals surface area contributed by atoms with Gasteiger partial charge in [-0.3, -0.25) is 0 Å². The van der Waals surface area contributed by atoms with Gasteiger partial charge in [-0.1, -0.05) is 0 Å². The van der Waals surface area contributed by atoms with Crippen LogP contribution in [0.4, 0.5) is 4.39 Å². The summed E-state index contributed by atoms with van der Waals surface area (Å²) in [6.07, 6.45) is 1.50. The SMILES string of the molecule is NCCNCc1cnc(F)c(Br)c1. The molecule has 0 aliphatic heterocycles. The highest BCUT2D eigenvalue weighted by atomic mass is 79.9. The Kier molecular flexibility index (Phi) is 4.27. The van der Waals surface area contributed by atoms with Crippen molar-refractivity contribution in [3.05, 3.63) is 28.2 Å². The molecule has 0 aliphatic rings. The Hall–Kier alpha value is -0.520. The third kappa shape index (κ3) is 3.38. The van der Waals surface area contributed by atoms with E-state index in [4.69, 9.17) is 5.73 Å². The summed E-state index contributed by atoms with van der Waals surface area (Å²) in [5, 5.41) is 3.09. The van der Waals surface area contributed by atoms with Crippen LogP contribution in [0.15, 0.2) is 16.7 Å². The van der Waals surface area contributed by atoms with Crippen LogP contribution in [0.5, 0.6) is 0 Å². The second kappa shape index (κ2) is 5.26. The molecule has 3 nitrogen and oxygen atoms in total. The molecule has 1 heterocycles. The lowest BCUT2D eigenvalue weighted by Crippen LogP contribution is -2.21. The highest BCUT2D eigenvalue weighted by Crippen LogP contribution is 2.13. The number of halogens is 2. The minimum atomic E-state index is -0.484. The van der Waals surface area contributed by atoms with Crippen molar-refractivity contribution in [1.29, 1.82) is 0 Å². The zero-order valence-corrected chi connectivity index (χ0v) is 8.64. The molecule has 0 saturated carbocycles. The molecular weight excluding hydrogens is 237 g/mol. The van der Waals surface area contributed by atoms with Crippen molar-refractivity contribution in [1.82, 2.24) is 10.3 Å². The third-order valence-corrected chi connectivity index (χ3v) is 2.06. The van der Waals surface area contributed by atoms with Crippen molar-refractivity contribution in [3.63, 3.8) is 0 Å². The fraction of sp³-hybridized carbons (Fsp3) is 0.375. The molecule has 0 aliphatic carbocycles. The molecule has 0 bridgehead atoms. The number of aromatic nitrogens is 1. The molecule has 1 aromatic heterocycles. The Morgan fingerprint density at radius 1 is 1.62 bits per heavy atom. The van der Waals surface area contributed by atoms with Crippen molar-refractivity contribution < 1.29 is 4.39 Å². The van der Waals surface area contributed by atoms with Crippen molar-refractivity contribution in [2.24, 2.45) is 5.73 Å². The summed E-state index contributed by atoms with van der Waals surface area (Å²) >= 11 is 3.07. The summed E-state index contributed by atoms with van der Waals surface area (Å²) in [5.74, 6) is -0.484. The molecule has 0 spiro atoms. The summed E-state index contributed by atoms with van der Waals surface area (Å²) in [4.78, 5) is 3.57. The van der Waals surface area contributed by atoms with Crippen molar-refractivity contribution in [2.75, 3.05) is 13.1 Å². The number of pyridine rings is 1. The molecular formula is C8H11BrFN3. The zero-order valence-electron chi connectivity index (χ0n) is 7.06. The van der Waals surface area contributed by atoms with E-state index in [1.165, 1.54) is 6.20 Å². The largest absolute Gasteiger partial charge is 0.329 e. The molecule has 0 saturated heterocycles. The molecule has 13 heavy (non-hydrogen) atoms. The van der Waals surface area contributed by atoms with Gasteiger partial charge in [-0.25, -0.2) is 4.98 Å². The second-order valence-electron chi connectivity index (χ2n) is 2.58. The Balaban J connectivity index is 2.53. The van der Waals surface area contributed by atoms with Gasteiger partial charge >= 0.3 is 0 Å². The van der Waals surface area contributed by atoms with Gasteiger partial charge < -0.3 is 11.1 Å². The maximum atomic E-state index is 12.7. The van der Waals surface area contributed by atoms with E-state index in [1.807, 2.05) is 0 Å². The lowest BCUT2D eigenvalue weighted by molar-refractivity contribution is 0.573. The van der Waals surface area contributed by atoms with E-state index in [-0.39, 0.29) is 0 Å². The fourth-order valence-corrected chi connectivity index (χ4v) is 1.29. The summed E-state index contributed by atoms with van der Waals surface area (Å²) in [6, 6.07) is 1.70. The standard InChI is InChI=1S/C8H11BrFN3/c9-7-3-6(4-12-2-1-11)5-13-8(7)10/h3,5,12H,1-2,4,11H2. The van der Waals surface area contributed by atoms with Crippen molar-refractivity contribution in [2.45, 2.75) is 6.54 Å². The molecule has 72 valence electrons. The first-order valence-electron chi connectivity index (χ1n) is 3.94. The van der Waals surface area contributed by atoms with E-state index in [2.05, 4.69) is 26.2 Å². The van der Waals surface area contributed by atoms with E-state index in [1.54, 1.807) is 6.07 Å². The van der Waals surface area contributed by atoms with E-state index in [0.29, 0.717) is 17.6 Å². The zero-order chi connectivity index (χ0) is 9.68. The molecule has 0 amide bonds. The Morgan fingerprint density at radius 3 is 3.00 bits per heavy atom. The Morgan fingerprint density at radius 2 is 2.38 bits per heavy atom. The van der Waals surface area contributed by atoms with Crippen LogP contribution in [-0.2, 0) is 6.54 Å². The van der Waals surface area contributed by atoms with Crippen LogP contribution in [0.25, 0.3) is 0 Å². The second-order valence-corrected chi connectivity index (χ2v) is 3.44. The normalized spacial score (nSPS) is 10.4. The minimum absolute atomic E-state index is 0.388. The van der Waals surface area contributed by atoms with E-state index in [0.717, 1.165) is 12.1 Å². The summed E-state index contributed by atoms with van der Waals surface area (Å²) < 4.78 is 13.1. The van der Waals surface area contributed by atoms with Crippen LogP contribution >= 0.6 is 15.9 Å². The molecule has 1 rings (SSSR count). The van der Waals surface area contributed by atoms with Gasteiger partial charge in [0.05, 0.1) is 4.47 Å². The van der Waals surface area contributed by atoms with Gasteiger partial charge in [0.1, 0.15) is 0 Å². The Bertz CT molecular complexity index is 280. The Labute approximate surface area is 84.7 Å². The molecule has 0 unspecified atom stereocenters. The average molecular weight is 248 g/mol. The lowest BCUT2D eigenvalue weighted by atomic mass is 10.3. The summed E-state index contributed by atoms with van der Waals surface area (Å²) in [5.41, 5.74) is 6.23. The fourth-order valence-electron chi connectivity index (χ4n) is 0.892. The number of hydrogen-bond acceptors (Lipinski definition) is 3. The number of hydrogen-bond donors (Lipinski definition) is 2. The molecule has 0 aromatic carbocycles. The number of nitrogens with zero attached hydrogens (tertiary/aromatic N) is 1. The summed E-state index contributed by atoms with van der Waals surface area (Å²) in [6.45, 7) is 1.99. The molecule has 1 aromatic rings. The van der Waals surface area contributed by atoms with Gasteiger partial charge in [-0.2, -0.15) is 4.39 Å². The molecule has 0 atom stereocenters. The lowest BCUT2D eigenvalue weighted by Gasteiger charge is -2.03. The van der Waals surface area contributed by atoms with Gasteiger partial charge in [0, 0.05) is 25.8 Å². The smallest absolute Gasteiger partial charge is 0.227 e.